The normalized spacial score (nSPS) is 11.0. The van der Waals surface area contributed by atoms with E-state index >= 15 is 0 Å². The molecule has 0 spiro atoms. The average Bonchev–Trinajstić information content (AvgIpc) is 3.07. The second-order valence-corrected chi connectivity index (χ2v) is 4.81. The van der Waals surface area contributed by atoms with Gasteiger partial charge in [0.1, 0.15) is 5.70 Å². The summed E-state index contributed by atoms with van der Waals surface area (Å²) in [5, 5.41) is 2.96. The first-order valence-corrected chi connectivity index (χ1v) is 6.94. The number of nitrogens with one attached hydrogen (secondary N) is 1. The monoisotopic (exact) mass is 314 g/mol. The molecule has 0 fully saturated rings. The first-order chi connectivity index (χ1) is 11.0. The molecule has 0 saturated carbocycles. The SMILES string of the molecule is COC(=O)/C=C(/Nc1cc(C)ccc1-n1cccc1)C(=O)OC. The summed E-state index contributed by atoms with van der Waals surface area (Å²) >= 11 is 0. The van der Waals surface area contributed by atoms with E-state index in [4.69, 9.17) is 4.74 Å². The van der Waals surface area contributed by atoms with Crippen molar-refractivity contribution in [3.8, 4) is 5.69 Å². The van der Waals surface area contributed by atoms with Crippen LogP contribution in [0.4, 0.5) is 5.69 Å². The number of nitrogens with zero attached hydrogens (tertiary/aromatic N) is 1. The lowest BCUT2D eigenvalue weighted by Gasteiger charge is -2.15. The van der Waals surface area contributed by atoms with Crippen molar-refractivity contribution in [2.75, 3.05) is 19.5 Å². The molecule has 120 valence electrons. The highest BCUT2D eigenvalue weighted by atomic mass is 16.5. The Hall–Kier alpha value is -3.02. The molecule has 23 heavy (non-hydrogen) atoms. The minimum atomic E-state index is -0.657. The van der Waals surface area contributed by atoms with E-state index in [1.165, 1.54) is 14.2 Å². The third kappa shape index (κ3) is 4.00. The highest BCUT2D eigenvalue weighted by molar-refractivity contribution is 5.99. The largest absolute Gasteiger partial charge is 0.466 e. The van der Waals surface area contributed by atoms with Gasteiger partial charge in [-0.15, -0.1) is 0 Å². The van der Waals surface area contributed by atoms with Gasteiger partial charge in [-0.25, -0.2) is 9.59 Å². The molecule has 0 aliphatic carbocycles. The lowest BCUT2D eigenvalue weighted by atomic mass is 10.1. The van der Waals surface area contributed by atoms with E-state index in [0.29, 0.717) is 5.69 Å². The lowest BCUT2D eigenvalue weighted by Crippen LogP contribution is -2.16. The van der Waals surface area contributed by atoms with Crippen LogP contribution in [0.2, 0.25) is 0 Å². The Bertz CT molecular complexity index is 733. The molecule has 0 saturated heterocycles. The number of carbonyl (C=O) groups excluding carboxylic acids is 2. The third-order valence-corrected chi connectivity index (χ3v) is 3.17. The van der Waals surface area contributed by atoms with E-state index in [9.17, 15) is 9.59 Å². The molecule has 1 N–H and O–H groups in total. The maximum atomic E-state index is 11.9. The zero-order valence-corrected chi connectivity index (χ0v) is 13.2. The number of aryl methyl sites for hydroxylation is 1. The van der Waals surface area contributed by atoms with Gasteiger partial charge in [0, 0.05) is 12.4 Å². The maximum Gasteiger partial charge on any atom is 0.354 e. The number of rotatable bonds is 5. The summed E-state index contributed by atoms with van der Waals surface area (Å²) in [6.07, 6.45) is 4.84. The van der Waals surface area contributed by atoms with Gasteiger partial charge in [0.05, 0.1) is 31.7 Å². The Balaban J connectivity index is 2.44. The molecule has 0 bridgehead atoms. The predicted octanol–water partition coefficient (Wildman–Crippen LogP) is 2.43. The summed E-state index contributed by atoms with van der Waals surface area (Å²) in [5.74, 6) is -1.30. The van der Waals surface area contributed by atoms with E-state index < -0.39 is 11.9 Å². The third-order valence-electron chi connectivity index (χ3n) is 3.17. The fraction of sp³-hybridized carbons (Fsp3) is 0.176. The highest BCUT2D eigenvalue weighted by Crippen LogP contribution is 2.24. The number of ether oxygens (including phenoxy) is 2. The molecule has 6 heteroatoms. The Morgan fingerprint density at radius 1 is 1.13 bits per heavy atom. The number of hydrogen-bond donors (Lipinski definition) is 1. The molecule has 2 rings (SSSR count). The summed E-state index contributed by atoms with van der Waals surface area (Å²) in [5.41, 5.74) is 2.51. The van der Waals surface area contributed by atoms with Crippen molar-refractivity contribution < 1.29 is 19.1 Å². The molecule has 0 atom stereocenters. The minimum absolute atomic E-state index is 0.00152. The molecule has 1 heterocycles. The molecule has 2 aromatic rings. The molecule has 1 aromatic heterocycles. The molecule has 0 unspecified atom stereocenters. The number of hydrogen-bond acceptors (Lipinski definition) is 5. The van der Waals surface area contributed by atoms with Crippen molar-refractivity contribution in [3.63, 3.8) is 0 Å². The van der Waals surface area contributed by atoms with E-state index in [0.717, 1.165) is 17.3 Å². The predicted molar refractivity (Wildman–Crippen MR) is 86.2 cm³/mol. The Labute approximate surface area is 134 Å². The Morgan fingerprint density at radius 3 is 2.43 bits per heavy atom. The molecule has 1 aromatic carbocycles. The van der Waals surface area contributed by atoms with E-state index in [1.807, 2.05) is 54.2 Å². The van der Waals surface area contributed by atoms with Crippen molar-refractivity contribution in [1.29, 1.82) is 0 Å². The van der Waals surface area contributed by atoms with Gasteiger partial charge in [-0.3, -0.25) is 0 Å². The van der Waals surface area contributed by atoms with Gasteiger partial charge in [-0.1, -0.05) is 6.07 Å². The fourth-order valence-electron chi connectivity index (χ4n) is 2.05. The van der Waals surface area contributed by atoms with Crippen LogP contribution >= 0.6 is 0 Å². The number of aromatic nitrogens is 1. The van der Waals surface area contributed by atoms with Gasteiger partial charge in [-0.05, 0) is 36.8 Å². The first-order valence-electron chi connectivity index (χ1n) is 6.94. The highest BCUT2D eigenvalue weighted by Gasteiger charge is 2.15. The quantitative estimate of drug-likeness (QED) is 0.678. The minimum Gasteiger partial charge on any atom is -0.466 e. The van der Waals surface area contributed by atoms with Crippen LogP contribution < -0.4 is 5.32 Å². The van der Waals surface area contributed by atoms with Crippen LogP contribution in [-0.4, -0.2) is 30.7 Å². The van der Waals surface area contributed by atoms with E-state index in [1.54, 1.807) is 0 Å². The first kappa shape index (κ1) is 16.4. The average molecular weight is 314 g/mol. The molecular formula is C17H18N2O4. The number of esters is 2. The Morgan fingerprint density at radius 2 is 1.83 bits per heavy atom. The van der Waals surface area contributed by atoms with Gasteiger partial charge in [0.2, 0.25) is 0 Å². The number of anilines is 1. The number of benzene rings is 1. The van der Waals surface area contributed by atoms with Gasteiger partial charge < -0.3 is 19.4 Å². The van der Waals surface area contributed by atoms with E-state index in [2.05, 4.69) is 10.1 Å². The van der Waals surface area contributed by atoms with Crippen molar-refractivity contribution in [3.05, 3.63) is 60.1 Å². The molecule has 0 aliphatic heterocycles. The zero-order chi connectivity index (χ0) is 16.8. The summed E-state index contributed by atoms with van der Waals surface area (Å²) in [7, 11) is 2.49. The number of methoxy groups -OCH3 is 2. The van der Waals surface area contributed by atoms with Crippen molar-refractivity contribution >= 4 is 17.6 Å². The van der Waals surface area contributed by atoms with Crippen LogP contribution in [0.25, 0.3) is 5.69 Å². The van der Waals surface area contributed by atoms with Crippen LogP contribution in [0.1, 0.15) is 5.56 Å². The topological polar surface area (TPSA) is 69.6 Å². The summed E-state index contributed by atoms with van der Waals surface area (Å²) in [6, 6.07) is 9.56. The van der Waals surface area contributed by atoms with Crippen LogP contribution in [0.15, 0.2) is 54.5 Å². The van der Waals surface area contributed by atoms with Crippen LogP contribution in [0.5, 0.6) is 0 Å². The van der Waals surface area contributed by atoms with Crippen molar-refractivity contribution in [2.24, 2.45) is 0 Å². The summed E-state index contributed by atoms with van der Waals surface area (Å²) < 4.78 is 11.2. The van der Waals surface area contributed by atoms with E-state index in [-0.39, 0.29) is 5.70 Å². The van der Waals surface area contributed by atoms with Crippen LogP contribution in [0, 0.1) is 6.92 Å². The van der Waals surface area contributed by atoms with Gasteiger partial charge >= 0.3 is 11.9 Å². The van der Waals surface area contributed by atoms with Crippen LogP contribution in [-0.2, 0) is 19.1 Å². The Kier molecular flexibility index (Phi) is 5.19. The molecular weight excluding hydrogens is 296 g/mol. The molecule has 6 nitrogen and oxygen atoms in total. The lowest BCUT2D eigenvalue weighted by molar-refractivity contribution is -0.138. The summed E-state index contributed by atoms with van der Waals surface area (Å²) in [4.78, 5) is 23.3. The summed E-state index contributed by atoms with van der Waals surface area (Å²) in [6.45, 7) is 1.94. The van der Waals surface area contributed by atoms with Gasteiger partial charge in [-0.2, -0.15) is 0 Å². The zero-order valence-electron chi connectivity index (χ0n) is 13.2. The molecule has 0 radical (unpaired) electrons. The standard InChI is InChI=1S/C17H18N2O4/c1-12-6-7-15(19-8-4-5-9-19)13(10-12)18-14(17(21)23-3)11-16(20)22-2/h4-11,18H,1-3H3/b14-11+. The maximum absolute atomic E-state index is 11.9. The second kappa shape index (κ2) is 7.31. The second-order valence-electron chi connectivity index (χ2n) is 4.81. The smallest absolute Gasteiger partial charge is 0.354 e. The van der Waals surface area contributed by atoms with Crippen LogP contribution in [0.3, 0.4) is 0 Å². The fourth-order valence-corrected chi connectivity index (χ4v) is 2.05. The number of carbonyl (C=O) groups is 2. The van der Waals surface area contributed by atoms with Gasteiger partial charge in [0.15, 0.2) is 0 Å². The van der Waals surface area contributed by atoms with Gasteiger partial charge in [0.25, 0.3) is 0 Å². The molecule has 0 amide bonds. The molecule has 0 aliphatic rings. The van der Waals surface area contributed by atoms with Crippen molar-refractivity contribution in [1.82, 2.24) is 4.57 Å². The van der Waals surface area contributed by atoms with Crippen molar-refractivity contribution in [2.45, 2.75) is 6.92 Å².